The average molecular weight is 158 g/mol. The molecule has 0 bridgehead atoms. The van der Waals surface area contributed by atoms with Crippen molar-refractivity contribution in [2.75, 3.05) is 14.2 Å². The summed E-state index contributed by atoms with van der Waals surface area (Å²) in [6.45, 7) is 1.85. The van der Waals surface area contributed by atoms with Crippen molar-refractivity contribution in [2.45, 2.75) is 19.2 Å². The number of rotatable bonds is 1. The van der Waals surface area contributed by atoms with Crippen LogP contribution in [0.1, 0.15) is 13.3 Å². The van der Waals surface area contributed by atoms with E-state index in [4.69, 9.17) is 10.5 Å². The van der Waals surface area contributed by atoms with Crippen molar-refractivity contribution in [3.8, 4) is 0 Å². The third-order valence-electron chi connectivity index (χ3n) is 2.27. The highest BCUT2D eigenvalue weighted by molar-refractivity contribution is 5.81. The highest BCUT2D eigenvalue weighted by Crippen LogP contribution is 2.28. The van der Waals surface area contributed by atoms with Crippen LogP contribution in [-0.2, 0) is 9.53 Å². The minimum absolute atomic E-state index is 0.0232. The summed E-state index contributed by atoms with van der Waals surface area (Å²) in [6.07, 6.45) is 0.568. The van der Waals surface area contributed by atoms with Crippen LogP contribution >= 0.6 is 0 Å². The van der Waals surface area contributed by atoms with Gasteiger partial charge in [-0.1, -0.05) is 6.92 Å². The maximum Gasteiger partial charge on any atom is 0.228 e. The number of nitrogens with zero attached hydrogens (tertiary/aromatic N) is 1. The van der Waals surface area contributed by atoms with Gasteiger partial charge in [0, 0.05) is 26.5 Å². The van der Waals surface area contributed by atoms with Gasteiger partial charge in [0.25, 0.3) is 0 Å². The largest absolute Gasteiger partial charge is 0.346 e. The first-order valence-corrected chi connectivity index (χ1v) is 3.63. The van der Waals surface area contributed by atoms with Crippen molar-refractivity contribution in [1.82, 2.24) is 4.90 Å². The second-order valence-electron chi connectivity index (χ2n) is 3.05. The Balaban J connectivity index is 2.82. The fraction of sp³-hybridized carbons (Fsp3) is 0.857. The Bertz CT molecular complexity index is 183. The van der Waals surface area contributed by atoms with E-state index in [1.807, 2.05) is 6.92 Å². The van der Waals surface area contributed by atoms with Crippen LogP contribution in [-0.4, -0.2) is 30.8 Å². The molecule has 4 heteroatoms. The van der Waals surface area contributed by atoms with Crippen LogP contribution in [0.4, 0.5) is 0 Å². The molecule has 0 spiro atoms. The van der Waals surface area contributed by atoms with E-state index in [0.29, 0.717) is 6.42 Å². The zero-order valence-corrected chi connectivity index (χ0v) is 7.13. The lowest BCUT2D eigenvalue weighted by Gasteiger charge is -2.29. The Morgan fingerprint density at radius 1 is 1.82 bits per heavy atom. The molecular formula is C7H14N2O2. The molecule has 1 heterocycles. The first-order valence-electron chi connectivity index (χ1n) is 3.63. The molecule has 64 valence electrons. The molecule has 2 atom stereocenters. The molecule has 1 saturated heterocycles. The van der Waals surface area contributed by atoms with Gasteiger partial charge in [-0.3, -0.25) is 10.5 Å². The number of likely N-dealkylation sites (tertiary alicyclic amines) is 1. The van der Waals surface area contributed by atoms with Crippen LogP contribution in [0, 0.1) is 5.92 Å². The third kappa shape index (κ3) is 1.12. The summed E-state index contributed by atoms with van der Waals surface area (Å²) in [4.78, 5) is 12.7. The second kappa shape index (κ2) is 2.46. The van der Waals surface area contributed by atoms with Gasteiger partial charge in [0.15, 0.2) is 5.85 Å². The van der Waals surface area contributed by atoms with E-state index in [2.05, 4.69) is 0 Å². The van der Waals surface area contributed by atoms with Crippen molar-refractivity contribution in [2.24, 2.45) is 11.7 Å². The number of methoxy groups -OCH3 is 1. The topological polar surface area (TPSA) is 55.6 Å². The Morgan fingerprint density at radius 2 is 2.36 bits per heavy atom. The molecule has 0 aromatic rings. The summed E-state index contributed by atoms with van der Waals surface area (Å²) >= 11 is 0. The summed E-state index contributed by atoms with van der Waals surface area (Å²) in [5, 5.41) is 0. The van der Waals surface area contributed by atoms with Gasteiger partial charge in [-0.15, -0.1) is 0 Å². The van der Waals surface area contributed by atoms with E-state index in [-0.39, 0.29) is 11.8 Å². The van der Waals surface area contributed by atoms with Crippen LogP contribution < -0.4 is 5.73 Å². The Kier molecular flexibility index (Phi) is 1.90. The minimum atomic E-state index is -0.878. The molecule has 1 fully saturated rings. The van der Waals surface area contributed by atoms with Gasteiger partial charge in [-0.25, -0.2) is 0 Å². The molecule has 4 nitrogen and oxygen atoms in total. The third-order valence-corrected chi connectivity index (χ3v) is 2.27. The summed E-state index contributed by atoms with van der Waals surface area (Å²) in [6, 6.07) is 0. The number of ether oxygens (including phenoxy) is 1. The summed E-state index contributed by atoms with van der Waals surface area (Å²) in [7, 11) is 3.18. The molecule has 2 unspecified atom stereocenters. The van der Waals surface area contributed by atoms with Crippen LogP contribution in [0.15, 0.2) is 0 Å². The van der Waals surface area contributed by atoms with E-state index in [9.17, 15) is 4.79 Å². The summed E-state index contributed by atoms with van der Waals surface area (Å²) in [5.74, 6) is -0.851. The van der Waals surface area contributed by atoms with E-state index in [1.54, 1.807) is 7.05 Å². The molecule has 11 heavy (non-hydrogen) atoms. The zero-order chi connectivity index (χ0) is 8.65. The number of carbonyl (C=O) groups is 1. The number of amides is 1. The zero-order valence-electron chi connectivity index (χ0n) is 7.13. The molecule has 1 aliphatic heterocycles. The Hall–Kier alpha value is -0.610. The number of hydrogen-bond donors (Lipinski definition) is 1. The van der Waals surface area contributed by atoms with Gasteiger partial charge in [0.1, 0.15) is 0 Å². The molecule has 0 aliphatic carbocycles. The number of nitrogens with two attached hydrogens (primary N) is 1. The van der Waals surface area contributed by atoms with Crippen molar-refractivity contribution in [3.05, 3.63) is 0 Å². The van der Waals surface area contributed by atoms with Crippen LogP contribution in [0.5, 0.6) is 0 Å². The first-order chi connectivity index (χ1) is 5.01. The van der Waals surface area contributed by atoms with Gasteiger partial charge in [0.2, 0.25) is 5.91 Å². The Labute approximate surface area is 66.3 Å². The molecule has 1 aliphatic rings. The first kappa shape index (κ1) is 8.49. The van der Waals surface area contributed by atoms with Gasteiger partial charge in [-0.2, -0.15) is 0 Å². The lowest BCUT2D eigenvalue weighted by molar-refractivity contribution is -0.146. The molecule has 0 aromatic heterocycles. The van der Waals surface area contributed by atoms with Crippen molar-refractivity contribution >= 4 is 5.91 Å². The summed E-state index contributed by atoms with van der Waals surface area (Å²) in [5.41, 5.74) is 5.77. The maximum absolute atomic E-state index is 11.2. The Morgan fingerprint density at radius 3 is 2.55 bits per heavy atom. The number of hydrogen-bond acceptors (Lipinski definition) is 3. The fourth-order valence-electron chi connectivity index (χ4n) is 1.40. The molecule has 1 amide bonds. The standard InChI is InChI=1S/C7H14N2O2/c1-5-4-7(8,11-3)9(2)6(5)10/h5H,4,8H2,1-3H3. The van der Waals surface area contributed by atoms with Gasteiger partial charge < -0.3 is 9.64 Å². The molecule has 0 saturated carbocycles. The van der Waals surface area contributed by atoms with Crippen LogP contribution in [0.25, 0.3) is 0 Å². The normalized spacial score (nSPS) is 38.4. The molecule has 0 aromatic carbocycles. The van der Waals surface area contributed by atoms with Gasteiger partial charge >= 0.3 is 0 Å². The van der Waals surface area contributed by atoms with Crippen molar-refractivity contribution in [1.29, 1.82) is 0 Å². The van der Waals surface area contributed by atoms with E-state index in [0.717, 1.165) is 0 Å². The summed E-state index contributed by atoms with van der Waals surface area (Å²) < 4.78 is 5.03. The highest BCUT2D eigenvalue weighted by atomic mass is 16.5. The molecule has 1 rings (SSSR count). The molecule has 2 N–H and O–H groups in total. The monoisotopic (exact) mass is 158 g/mol. The van der Waals surface area contributed by atoms with E-state index in [1.165, 1.54) is 12.0 Å². The van der Waals surface area contributed by atoms with Crippen molar-refractivity contribution in [3.63, 3.8) is 0 Å². The number of carbonyl (C=O) groups excluding carboxylic acids is 1. The highest BCUT2D eigenvalue weighted by Gasteiger charge is 2.44. The van der Waals surface area contributed by atoms with Gasteiger partial charge in [-0.05, 0) is 0 Å². The smallest absolute Gasteiger partial charge is 0.228 e. The predicted molar refractivity (Wildman–Crippen MR) is 40.5 cm³/mol. The van der Waals surface area contributed by atoms with E-state index < -0.39 is 5.85 Å². The lowest BCUT2D eigenvalue weighted by Crippen LogP contribution is -2.52. The van der Waals surface area contributed by atoms with Crippen LogP contribution in [0.3, 0.4) is 0 Å². The van der Waals surface area contributed by atoms with Crippen LogP contribution in [0.2, 0.25) is 0 Å². The minimum Gasteiger partial charge on any atom is -0.346 e. The predicted octanol–water partition coefficient (Wildman–Crippen LogP) is -0.257. The van der Waals surface area contributed by atoms with Crippen molar-refractivity contribution < 1.29 is 9.53 Å². The molecular weight excluding hydrogens is 144 g/mol. The SMILES string of the molecule is COC1(N)CC(C)C(=O)N1C. The average Bonchev–Trinajstić information content (AvgIpc) is 2.17. The lowest BCUT2D eigenvalue weighted by atomic mass is 10.1. The quantitative estimate of drug-likeness (QED) is 0.535. The second-order valence-corrected chi connectivity index (χ2v) is 3.05. The van der Waals surface area contributed by atoms with Gasteiger partial charge in [0.05, 0.1) is 0 Å². The fourth-order valence-corrected chi connectivity index (χ4v) is 1.40. The molecule has 0 radical (unpaired) electrons. The maximum atomic E-state index is 11.2. The van der Waals surface area contributed by atoms with E-state index >= 15 is 0 Å².